The first-order valence-electron chi connectivity index (χ1n) is 6.32. The van der Waals surface area contributed by atoms with Gasteiger partial charge in [-0.1, -0.05) is 46.5 Å². The fraction of sp³-hybridized carbons (Fsp3) is 0.923. The number of hydrogen-bond acceptors (Lipinski definition) is 2. The zero-order valence-electron chi connectivity index (χ0n) is 10.7. The van der Waals surface area contributed by atoms with Crippen molar-refractivity contribution in [2.24, 2.45) is 5.92 Å². The monoisotopic (exact) mass is 214 g/mol. The first-order chi connectivity index (χ1) is 7.11. The molecule has 0 spiro atoms. The van der Waals surface area contributed by atoms with Crippen LogP contribution in [0.1, 0.15) is 66.2 Å². The maximum atomic E-state index is 11.6. The Balaban J connectivity index is 3.60. The summed E-state index contributed by atoms with van der Waals surface area (Å²) in [6.07, 6.45) is 6.82. The number of hydrogen-bond donors (Lipinski definition) is 0. The quantitative estimate of drug-likeness (QED) is 0.452. The minimum Gasteiger partial charge on any atom is -0.462 e. The van der Waals surface area contributed by atoms with Crippen LogP contribution in [0.2, 0.25) is 0 Å². The lowest BCUT2D eigenvalue weighted by Crippen LogP contribution is -2.20. The molecule has 0 aliphatic heterocycles. The normalized spacial score (nSPS) is 14.7. The highest BCUT2D eigenvalue weighted by molar-refractivity contribution is 5.72. The number of rotatable bonds is 8. The summed E-state index contributed by atoms with van der Waals surface area (Å²) in [5.74, 6) is 0.0386. The van der Waals surface area contributed by atoms with Crippen LogP contribution in [0.25, 0.3) is 0 Å². The molecule has 0 radical (unpaired) electrons. The highest BCUT2D eigenvalue weighted by Crippen LogP contribution is 2.13. The van der Waals surface area contributed by atoms with Crippen molar-refractivity contribution < 1.29 is 9.53 Å². The Kier molecular flexibility index (Phi) is 8.44. The third kappa shape index (κ3) is 7.40. The Labute approximate surface area is 94.4 Å². The van der Waals surface area contributed by atoms with Crippen molar-refractivity contribution in [2.45, 2.75) is 72.3 Å². The van der Waals surface area contributed by atoms with Crippen LogP contribution in [0.3, 0.4) is 0 Å². The third-order valence-corrected chi connectivity index (χ3v) is 2.79. The van der Waals surface area contributed by atoms with Crippen molar-refractivity contribution in [3.8, 4) is 0 Å². The summed E-state index contributed by atoms with van der Waals surface area (Å²) in [5, 5.41) is 0. The van der Waals surface area contributed by atoms with E-state index in [1.165, 1.54) is 19.3 Å². The Hall–Kier alpha value is -0.530. The Bertz CT molecular complexity index is 166. The van der Waals surface area contributed by atoms with Crippen LogP contribution in [0.4, 0.5) is 0 Å². The summed E-state index contributed by atoms with van der Waals surface area (Å²) >= 11 is 0. The minimum atomic E-state index is -0.0270. The summed E-state index contributed by atoms with van der Waals surface area (Å²) in [7, 11) is 0. The van der Waals surface area contributed by atoms with Gasteiger partial charge in [-0.25, -0.2) is 0 Å². The summed E-state index contributed by atoms with van der Waals surface area (Å²) in [5.41, 5.74) is 0. The number of carbonyl (C=O) groups is 1. The third-order valence-electron chi connectivity index (χ3n) is 2.79. The van der Waals surface area contributed by atoms with Gasteiger partial charge in [0.1, 0.15) is 0 Å². The van der Waals surface area contributed by atoms with Crippen molar-refractivity contribution in [3.63, 3.8) is 0 Å². The van der Waals surface area contributed by atoms with Gasteiger partial charge in [-0.15, -0.1) is 0 Å². The number of carbonyl (C=O) groups excluding carboxylic acids is 1. The van der Waals surface area contributed by atoms with E-state index < -0.39 is 0 Å². The maximum absolute atomic E-state index is 11.6. The predicted octanol–water partition coefficient (Wildman–Crippen LogP) is 3.93. The molecule has 0 aromatic rings. The maximum Gasteiger partial charge on any atom is 0.308 e. The van der Waals surface area contributed by atoms with Crippen LogP contribution in [0.5, 0.6) is 0 Å². The fourth-order valence-electron chi connectivity index (χ4n) is 1.39. The van der Waals surface area contributed by atoms with Crippen molar-refractivity contribution in [1.82, 2.24) is 0 Å². The lowest BCUT2D eigenvalue weighted by atomic mass is 10.0. The summed E-state index contributed by atoms with van der Waals surface area (Å²) in [4.78, 5) is 11.6. The van der Waals surface area contributed by atoms with Gasteiger partial charge in [0.2, 0.25) is 0 Å². The standard InChI is InChI=1S/C13H26O2/c1-5-7-8-9-10-11(3)13(14)15-12(4)6-2/h11-12H,5-10H2,1-4H3. The second-order valence-electron chi connectivity index (χ2n) is 4.41. The Morgan fingerprint density at radius 2 is 1.80 bits per heavy atom. The van der Waals surface area contributed by atoms with E-state index in [1.807, 2.05) is 20.8 Å². The number of ether oxygens (including phenoxy) is 1. The molecule has 0 aliphatic rings. The van der Waals surface area contributed by atoms with Crippen molar-refractivity contribution in [3.05, 3.63) is 0 Å². The van der Waals surface area contributed by atoms with Crippen LogP contribution in [0, 0.1) is 5.92 Å². The van der Waals surface area contributed by atoms with Gasteiger partial charge in [-0.2, -0.15) is 0 Å². The van der Waals surface area contributed by atoms with Crippen molar-refractivity contribution in [2.75, 3.05) is 0 Å². The fourth-order valence-corrected chi connectivity index (χ4v) is 1.39. The molecule has 90 valence electrons. The van der Waals surface area contributed by atoms with Crippen LogP contribution in [0.15, 0.2) is 0 Å². The van der Waals surface area contributed by atoms with Crippen LogP contribution in [-0.4, -0.2) is 12.1 Å². The molecular weight excluding hydrogens is 188 g/mol. The molecule has 0 aromatic heterocycles. The zero-order chi connectivity index (χ0) is 11.7. The largest absolute Gasteiger partial charge is 0.462 e. The average molecular weight is 214 g/mol. The lowest BCUT2D eigenvalue weighted by molar-refractivity contribution is -0.153. The van der Waals surface area contributed by atoms with Crippen LogP contribution < -0.4 is 0 Å². The highest BCUT2D eigenvalue weighted by Gasteiger charge is 2.15. The van der Waals surface area contributed by atoms with Gasteiger partial charge in [-0.05, 0) is 19.8 Å². The van der Waals surface area contributed by atoms with Gasteiger partial charge in [0.25, 0.3) is 0 Å². The van der Waals surface area contributed by atoms with Gasteiger partial charge in [0.15, 0.2) is 0 Å². The molecule has 0 aromatic carbocycles. The molecule has 0 fully saturated rings. The van der Waals surface area contributed by atoms with E-state index in [-0.39, 0.29) is 18.0 Å². The lowest BCUT2D eigenvalue weighted by Gasteiger charge is -2.15. The molecule has 2 nitrogen and oxygen atoms in total. The molecule has 0 aliphatic carbocycles. The Morgan fingerprint density at radius 3 is 2.33 bits per heavy atom. The van der Waals surface area contributed by atoms with E-state index in [0.717, 1.165) is 19.3 Å². The SMILES string of the molecule is CCCCCCC(C)C(=O)OC(C)CC. The summed E-state index contributed by atoms with van der Waals surface area (Å²) in [6.45, 7) is 8.14. The van der Waals surface area contributed by atoms with Crippen LogP contribution >= 0.6 is 0 Å². The summed E-state index contributed by atoms with van der Waals surface area (Å²) < 4.78 is 5.28. The molecule has 0 N–H and O–H groups in total. The van der Waals surface area contributed by atoms with Crippen molar-refractivity contribution in [1.29, 1.82) is 0 Å². The minimum absolute atomic E-state index is 0.0270. The molecule has 2 heteroatoms. The number of esters is 1. The zero-order valence-corrected chi connectivity index (χ0v) is 10.7. The van der Waals surface area contributed by atoms with Crippen molar-refractivity contribution >= 4 is 5.97 Å². The second-order valence-corrected chi connectivity index (χ2v) is 4.41. The highest BCUT2D eigenvalue weighted by atomic mass is 16.5. The molecule has 0 rings (SSSR count). The average Bonchev–Trinajstić information content (AvgIpc) is 2.23. The van der Waals surface area contributed by atoms with E-state index in [2.05, 4.69) is 6.92 Å². The summed E-state index contributed by atoms with van der Waals surface area (Å²) in [6, 6.07) is 0. The van der Waals surface area contributed by atoms with E-state index in [9.17, 15) is 4.79 Å². The molecule has 2 unspecified atom stereocenters. The molecule has 2 atom stereocenters. The molecule has 0 saturated carbocycles. The molecule has 0 saturated heterocycles. The molecular formula is C13H26O2. The van der Waals surface area contributed by atoms with E-state index in [0.29, 0.717) is 0 Å². The molecule has 0 heterocycles. The van der Waals surface area contributed by atoms with E-state index in [1.54, 1.807) is 0 Å². The van der Waals surface area contributed by atoms with Gasteiger partial charge in [-0.3, -0.25) is 4.79 Å². The predicted molar refractivity (Wildman–Crippen MR) is 63.8 cm³/mol. The first kappa shape index (κ1) is 14.5. The van der Waals surface area contributed by atoms with Gasteiger partial charge < -0.3 is 4.74 Å². The second kappa shape index (κ2) is 8.75. The van der Waals surface area contributed by atoms with E-state index in [4.69, 9.17) is 4.74 Å². The first-order valence-corrected chi connectivity index (χ1v) is 6.32. The molecule has 15 heavy (non-hydrogen) atoms. The van der Waals surface area contributed by atoms with E-state index >= 15 is 0 Å². The van der Waals surface area contributed by atoms with Gasteiger partial charge >= 0.3 is 5.97 Å². The molecule has 0 bridgehead atoms. The van der Waals surface area contributed by atoms with Crippen LogP contribution in [-0.2, 0) is 9.53 Å². The Morgan fingerprint density at radius 1 is 1.13 bits per heavy atom. The van der Waals surface area contributed by atoms with Gasteiger partial charge in [0, 0.05) is 0 Å². The molecule has 0 amide bonds. The van der Waals surface area contributed by atoms with Gasteiger partial charge in [0.05, 0.1) is 12.0 Å². The topological polar surface area (TPSA) is 26.3 Å². The smallest absolute Gasteiger partial charge is 0.308 e. The number of unbranched alkanes of at least 4 members (excludes halogenated alkanes) is 3.